The van der Waals surface area contributed by atoms with E-state index in [2.05, 4.69) is 10.3 Å². The molecule has 2 aliphatic rings. The van der Waals surface area contributed by atoms with Gasteiger partial charge in [0.25, 0.3) is 0 Å². The molecule has 1 aromatic heterocycles. The summed E-state index contributed by atoms with van der Waals surface area (Å²) in [6.07, 6.45) is 7.05. The second kappa shape index (κ2) is 13.1. The molecule has 34 heavy (non-hydrogen) atoms. The maximum Gasteiger partial charge on any atom is 0.411 e. The van der Waals surface area contributed by atoms with E-state index < -0.39 is 18.8 Å². The number of halogens is 3. The summed E-state index contributed by atoms with van der Waals surface area (Å²) < 4.78 is 43.2. The maximum atomic E-state index is 12.6. The van der Waals surface area contributed by atoms with Gasteiger partial charge in [0.15, 0.2) is 5.13 Å². The lowest BCUT2D eigenvalue weighted by atomic mass is 9.67. The number of anilines is 1. The highest BCUT2D eigenvalue weighted by Crippen LogP contribution is 2.43. The summed E-state index contributed by atoms with van der Waals surface area (Å²) in [4.78, 5) is 27.5. The van der Waals surface area contributed by atoms with Gasteiger partial charge in [0.2, 0.25) is 5.91 Å². The van der Waals surface area contributed by atoms with Crippen molar-refractivity contribution in [2.45, 2.75) is 87.1 Å². The number of thiazole rings is 1. The third kappa shape index (κ3) is 9.37. The highest BCUT2D eigenvalue weighted by Gasteiger charge is 2.35. The van der Waals surface area contributed by atoms with Crippen LogP contribution in [0.25, 0.3) is 0 Å². The minimum absolute atomic E-state index is 0.0534. The Morgan fingerprint density at radius 2 is 1.82 bits per heavy atom. The van der Waals surface area contributed by atoms with E-state index in [9.17, 15) is 22.8 Å². The zero-order chi connectivity index (χ0) is 24.6. The Morgan fingerprint density at radius 1 is 1.15 bits per heavy atom. The first-order chi connectivity index (χ1) is 16.2. The lowest BCUT2D eigenvalue weighted by molar-refractivity contribution is -0.189. The van der Waals surface area contributed by atoms with Gasteiger partial charge in [-0.3, -0.25) is 9.59 Å². The van der Waals surface area contributed by atoms with Crippen LogP contribution >= 0.6 is 23.1 Å². The molecule has 2 fully saturated rings. The van der Waals surface area contributed by atoms with Crippen LogP contribution in [0.4, 0.5) is 18.3 Å². The van der Waals surface area contributed by atoms with Gasteiger partial charge in [0, 0.05) is 6.42 Å². The van der Waals surface area contributed by atoms with Crippen LogP contribution < -0.4 is 5.32 Å². The number of amides is 1. The van der Waals surface area contributed by atoms with Gasteiger partial charge in [0.05, 0.1) is 22.3 Å². The Bertz CT molecular complexity index is 791. The Labute approximate surface area is 206 Å². The Balaban J connectivity index is 1.50. The number of ether oxygens (including phenoxy) is 1. The summed E-state index contributed by atoms with van der Waals surface area (Å²) in [5.41, 5.74) is 0. The Kier molecular flexibility index (Phi) is 10.5. The number of carbonyl (C=O) groups excluding carboxylic acids is 1. The number of hydrogen-bond donors (Lipinski definition) is 2. The monoisotopic (exact) mass is 522 g/mol. The molecular weight excluding hydrogens is 489 g/mol. The summed E-state index contributed by atoms with van der Waals surface area (Å²) in [5.74, 6) is 0.319. The number of nitrogens with one attached hydrogen (secondary N) is 1. The fourth-order valence-corrected chi connectivity index (χ4v) is 6.92. The molecule has 0 saturated heterocycles. The molecule has 0 aromatic carbocycles. The Morgan fingerprint density at radius 3 is 2.47 bits per heavy atom. The summed E-state index contributed by atoms with van der Waals surface area (Å²) in [7, 11) is 0. The van der Waals surface area contributed by atoms with Crippen LogP contribution in [0.3, 0.4) is 0 Å². The highest BCUT2D eigenvalue weighted by molar-refractivity contribution is 8.01. The van der Waals surface area contributed by atoms with E-state index in [1.54, 1.807) is 6.20 Å². The first-order valence-corrected chi connectivity index (χ1v) is 13.8. The van der Waals surface area contributed by atoms with E-state index in [4.69, 9.17) is 9.84 Å². The van der Waals surface area contributed by atoms with E-state index in [0.29, 0.717) is 42.1 Å². The normalized spacial score (nSPS) is 22.9. The minimum Gasteiger partial charge on any atom is -0.481 e. The number of carboxylic acid groups (broad SMARTS) is 1. The van der Waals surface area contributed by atoms with Crippen molar-refractivity contribution < 1.29 is 32.6 Å². The van der Waals surface area contributed by atoms with Crippen LogP contribution in [0, 0.1) is 17.8 Å². The molecule has 1 atom stereocenters. The molecule has 1 heterocycles. The molecular formula is C23H33F3N2O4S2. The van der Waals surface area contributed by atoms with Crippen molar-refractivity contribution in [2.24, 2.45) is 17.8 Å². The number of aliphatic carboxylic acids is 1. The van der Waals surface area contributed by atoms with Crippen molar-refractivity contribution in [2.75, 3.05) is 17.7 Å². The number of aromatic nitrogens is 1. The SMILES string of the molecule is O=C(O)CSc1cnc(NC(=O)CCC(C2CCCCC2)C2CCC(OCC(F)(F)F)CC2)s1. The van der Waals surface area contributed by atoms with Crippen molar-refractivity contribution >= 4 is 40.1 Å². The highest BCUT2D eigenvalue weighted by atomic mass is 32.2. The van der Waals surface area contributed by atoms with E-state index >= 15 is 0 Å². The lowest BCUT2D eigenvalue weighted by Crippen LogP contribution is -2.33. The van der Waals surface area contributed by atoms with Crippen LogP contribution in [-0.4, -0.2) is 46.6 Å². The minimum atomic E-state index is -4.29. The molecule has 192 valence electrons. The van der Waals surface area contributed by atoms with Gasteiger partial charge in [-0.15, -0.1) is 11.8 Å². The first-order valence-electron chi connectivity index (χ1n) is 12.0. The topological polar surface area (TPSA) is 88.5 Å². The van der Waals surface area contributed by atoms with Gasteiger partial charge < -0.3 is 15.2 Å². The molecule has 2 N–H and O–H groups in total. The summed E-state index contributed by atoms with van der Waals surface area (Å²) in [5, 5.41) is 12.1. The number of hydrogen-bond acceptors (Lipinski definition) is 6. The number of carboxylic acids is 1. The van der Waals surface area contributed by atoms with E-state index in [1.165, 1.54) is 42.4 Å². The molecule has 2 saturated carbocycles. The van der Waals surface area contributed by atoms with Gasteiger partial charge in [0.1, 0.15) is 6.61 Å². The summed E-state index contributed by atoms with van der Waals surface area (Å²) >= 11 is 2.43. The first kappa shape index (κ1) is 27.3. The molecule has 3 rings (SSSR count). The fourth-order valence-electron chi connectivity index (χ4n) is 5.31. The smallest absolute Gasteiger partial charge is 0.411 e. The molecule has 1 amide bonds. The molecule has 11 heteroatoms. The average molecular weight is 523 g/mol. The van der Waals surface area contributed by atoms with Crippen molar-refractivity contribution in [1.29, 1.82) is 0 Å². The van der Waals surface area contributed by atoms with Gasteiger partial charge in [-0.05, 0) is 49.9 Å². The second-order valence-corrected chi connectivity index (χ2v) is 11.6. The van der Waals surface area contributed by atoms with E-state index in [0.717, 1.165) is 36.3 Å². The van der Waals surface area contributed by atoms with Crippen molar-refractivity contribution in [1.82, 2.24) is 4.98 Å². The number of nitrogens with zero attached hydrogens (tertiary/aromatic N) is 1. The number of rotatable bonds is 11. The molecule has 0 bridgehead atoms. The summed E-state index contributed by atoms with van der Waals surface area (Å²) in [6, 6.07) is 0. The van der Waals surface area contributed by atoms with Crippen LogP contribution in [0.15, 0.2) is 10.4 Å². The third-order valence-electron chi connectivity index (χ3n) is 6.84. The molecule has 0 radical (unpaired) electrons. The molecule has 1 unspecified atom stereocenters. The number of thioether (sulfide) groups is 1. The zero-order valence-corrected chi connectivity index (χ0v) is 20.8. The van der Waals surface area contributed by atoms with E-state index in [1.807, 2.05) is 0 Å². The van der Waals surface area contributed by atoms with Crippen LogP contribution in [-0.2, 0) is 14.3 Å². The van der Waals surface area contributed by atoms with Crippen molar-refractivity contribution in [3.05, 3.63) is 6.20 Å². The quantitative estimate of drug-likeness (QED) is 0.328. The maximum absolute atomic E-state index is 12.6. The van der Waals surface area contributed by atoms with E-state index in [-0.39, 0.29) is 17.8 Å². The zero-order valence-electron chi connectivity index (χ0n) is 19.1. The van der Waals surface area contributed by atoms with Crippen molar-refractivity contribution in [3.8, 4) is 0 Å². The Hall–Kier alpha value is -1.33. The second-order valence-electron chi connectivity index (χ2n) is 9.28. The molecule has 0 spiro atoms. The largest absolute Gasteiger partial charge is 0.481 e. The average Bonchev–Trinajstić information content (AvgIpc) is 3.24. The van der Waals surface area contributed by atoms with Gasteiger partial charge >= 0.3 is 12.1 Å². The number of alkyl halides is 3. The lowest BCUT2D eigenvalue weighted by Gasteiger charge is -2.39. The fraction of sp³-hybridized carbons (Fsp3) is 0.783. The van der Waals surface area contributed by atoms with Gasteiger partial charge in [-0.2, -0.15) is 13.2 Å². The predicted molar refractivity (Wildman–Crippen MR) is 126 cm³/mol. The van der Waals surface area contributed by atoms with Crippen LogP contribution in [0.1, 0.15) is 70.6 Å². The number of carbonyl (C=O) groups is 2. The van der Waals surface area contributed by atoms with Crippen molar-refractivity contribution in [3.63, 3.8) is 0 Å². The third-order valence-corrected chi connectivity index (χ3v) is 8.93. The standard InChI is InChI=1S/C23H33F3N2O4S2/c24-23(25,26)14-32-17-8-6-16(7-9-17)18(15-4-2-1-3-5-15)10-11-19(29)28-22-27-12-21(34-22)33-13-20(30)31/h12,15-18H,1-11,13-14H2,(H,30,31)(H,27,28,29). The van der Waals surface area contributed by atoms with Crippen LogP contribution in [0.5, 0.6) is 0 Å². The molecule has 1 aromatic rings. The van der Waals surface area contributed by atoms with Gasteiger partial charge in [-0.25, -0.2) is 4.98 Å². The molecule has 2 aliphatic carbocycles. The molecule has 6 nitrogen and oxygen atoms in total. The van der Waals surface area contributed by atoms with Gasteiger partial charge in [-0.1, -0.05) is 43.4 Å². The summed E-state index contributed by atoms with van der Waals surface area (Å²) in [6.45, 7) is -1.18. The predicted octanol–water partition coefficient (Wildman–Crippen LogP) is 6.37. The van der Waals surface area contributed by atoms with Crippen LogP contribution in [0.2, 0.25) is 0 Å². The molecule has 0 aliphatic heterocycles.